The normalized spacial score (nSPS) is 11.8. The van der Waals surface area contributed by atoms with Crippen LogP contribution in [0.15, 0.2) is 243 Å². The highest BCUT2D eigenvalue weighted by Gasteiger charge is 2.25. The van der Waals surface area contributed by atoms with Gasteiger partial charge in [0.25, 0.3) is 0 Å². The van der Waals surface area contributed by atoms with Gasteiger partial charge in [-0.15, -0.1) is 0 Å². The molecule has 0 atom stereocenters. The Morgan fingerprint density at radius 2 is 0.739 bits per heavy atom. The SMILES string of the molecule is c1ccc(-c2ccc(-c3nc(-c4ccccc4-n4c5ccccc5c5ccc6c7ccccc7n(-c7ccccc7)c6c54)nc(-n4c5ccccc5c5c(-c6ccccc6)cccc54)n3)cc2)cc1. The van der Waals surface area contributed by atoms with E-state index in [0.29, 0.717) is 17.6 Å². The van der Waals surface area contributed by atoms with Crippen molar-refractivity contribution in [2.24, 2.45) is 0 Å². The maximum Gasteiger partial charge on any atom is 0.238 e. The Bertz CT molecular complexity index is 4280. The van der Waals surface area contributed by atoms with Gasteiger partial charge >= 0.3 is 0 Å². The fourth-order valence-corrected chi connectivity index (χ4v) is 10.7. The Balaban J connectivity index is 1.07. The van der Waals surface area contributed by atoms with Gasteiger partial charge in [-0.2, -0.15) is 9.97 Å². The second-order valence-corrected chi connectivity index (χ2v) is 17.6. The summed E-state index contributed by atoms with van der Waals surface area (Å²) in [5, 5.41) is 7.01. The average molecular weight is 881 g/mol. The van der Waals surface area contributed by atoms with Crippen LogP contribution in [-0.4, -0.2) is 28.7 Å². The first-order valence-corrected chi connectivity index (χ1v) is 23.4. The summed E-state index contributed by atoms with van der Waals surface area (Å²) in [7, 11) is 0. The molecule has 0 saturated carbocycles. The average Bonchev–Trinajstić information content (AvgIpc) is 4.07. The fourth-order valence-electron chi connectivity index (χ4n) is 10.7. The third-order valence-electron chi connectivity index (χ3n) is 13.7. The first kappa shape index (κ1) is 38.8. The zero-order chi connectivity index (χ0) is 45.4. The second-order valence-electron chi connectivity index (χ2n) is 17.6. The van der Waals surface area contributed by atoms with Gasteiger partial charge in [0, 0.05) is 49.1 Å². The Kier molecular flexibility index (Phi) is 8.79. The first-order chi connectivity index (χ1) is 34.3. The van der Waals surface area contributed by atoms with Crippen LogP contribution < -0.4 is 0 Å². The number of para-hydroxylation sites is 5. The lowest BCUT2D eigenvalue weighted by Gasteiger charge is -2.16. The van der Waals surface area contributed by atoms with Crippen molar-refractivity contribution in [1.29, 1.82) is 0 Å². The zero-order valence-corrected chi connectivity index (χ0v) is 37.3. The third-order valence-corrected chi connectivity index (χ3v) is 13.7. The van der Waals surface area contributed by atoms with Crippen molar-refractivity contribution in [1.82, 2.24) is 28.7 Å². The van der Waals surface area contributed by atoms with Crippen LogP contribution in [-0.2, 0) is 0 Å². The molecule has 6 heteroatoms. The van der Waals surface area contributed by atoms with Crippen molar-refractivity contribution in [3.63, 3.8) is 0 Å². The lowest BCUT2D eigenvalue weighted by Crippen LogP contribution is -2.08. The molecule has 14 aromatic rings. The molecule has 0 aliphatic rings. The van der Waals surface area contributed by atoms with Gasteiger partial charge in [-0.1, -0.05) is 194 Å². The maximum absolute atomic E-state index is 5.55. The standard InChI is InChI=1S/C63H40N6/c1-4-19-41(20-5-1)42-35-37-44(38-36-42)61-64-62(66-63(65-61)69-55-32-16-12-27-51(55)58-46(29-18-34-57(58)69)43-21-6-2-7-22-43)52-28-13-17-33-56(52)68-54-31-15-11-26-48(54)50-40-39-49-47-25-10-14-30-53(47)67(59(49)60(50)68)45-23-8-3-9-24-45/h1-40H. The Morgan fingerprint density at radius 3 is 1.43 bits per heavy atom. The van der Waals surface area contributed by atoms with E-state index in [-0.39, 0.29) is 0 Å². The summed E-state index contributed by atoms with van der Waals surface area (Å²) >= 11 is 0. The van der Waals surface area contributed by atoms with E-state index in [2.05, 4.69) is 250 Å². The molecule has 0 radical (unpaired) electrons. The van der Waals surface area contributed by atoms with Gasteiger partial charge < -0.3 is 9.13 Å². The van der Waals surface area contributed by atoms with Gasteiger partial charge in [0.15, 0.2) is 11.6 Å². The van der Waals surface area contributed by atoms with E-state index in [4.69, 9.17) is 15.0 Å². The summed E-state index contributed by atoms with van der Waals surface area (Å²) in [5.74, 6) is 1.70. The molecular weight excluding hydrogens is 841 g/mol. The number of aromatic nitrogens is 6. The predicted octanol–water partition coefficient (Wildman–Crippen LogP) is 15.8. The van der Waals surface area contributed by atoms with Gasteiger partial charge in [0.1, 0.15) is 0 Å². The van der Waals surface area contributed by atoms with Crippen LogP contribution in [0.5, 0.6) is 0 Å². The van der Waals surface area contributed by atoms with Crippen LogP contribution in [0.2, 0.25) is 0 Å². The first-order valence-electron chi connectivity index (χ1n) is 23.4. The highest BCUT2D eigenvalue weighted by molar-refractivity contribution is 6.24. The molecule has 14 rings (SSSR count). The van der Waals surface area contributed by atoms with Crippen molar-refractivity contribution in [3.05, 3.63) is 243 Å². The van der Waals surface area contributed by atoms with Gasteiger partial charge in [-0.05, 0) is 70.8 Å². The lowest BCUT2D eigenvalue weighted by atomic mass is 9.99. The molecule has 69 heavy (non-hydrogen) atoms. The fraction of sp³-hybridized carbons (Fsp3) is 0. The molecule has 4 heterocycles. The van der Waals surface area contributed by atoms with E-state index < -0.39 is 0 Å². The van der Waals surface area contributed by atoms with E-state index >= 15 is 0 Å². The van der Waals surface area contributed by atoms with Crippen molar-refractivity contribution in [3.8, 4) is 62.4 Å². The number of benzene rings is 10. The molecule has 0 unspecified atom stereocenters. The molecule has 10 aromatic carbocycles. The monoisotopic (exact) mass is 880 g/mol. The van der Waals surface area contributed by atoms with Crippen molar-refractivity contribution in [2.45, 2.75) is 0 Å². The van der Waals surface area contributed by atoms with Crippen LogP contribution in [0.3, 0.4) is 0 Å². The molecule has 0 amide bonds. The largest absolute Gasteiger partial charge is 0.307 e. The van der Waals surface area contributed by atoms with E-state index in [9.17, 15) is 0 Å². The topological polar surface area (TPSA) is 53.5 Å². The number of nitrogens with zero attached hydrogens (tertiary/aromatic N) is 6. The smallest absolute Gasteiger partial charge is 0.238 e. The Morgan fingerprint density at radius 1 is 0.261 bits per heavy atom. The lowest BCUT2D eigenvalue weighted by molar-refractivity contribution is 0.952. The molecule has 6 nitrogen and oxygen atoms in total. The van der Waals surface area contributed by atoms with E-state index in [1.165, 1.54) is 21.5 Å². The van der Waals surface area contributed by atoms with Gasteiger partial charge in [-0.3, -0.25) is 4.57 Å². The van der Waals surface area contributed by atoms with Crippen LogP contribution in [0.1, 0.15) is 0 Å². The zero-order valence-electron chi connectivity index (χ0n) is 37.3. The number of rotatable bonds is 7. The molecule has 0 bridgehead atoms. The molecule has 4 aromatic heterocycles. The minimum absolute atomic E-state index is 0.544. The van der Waals surface area contributed by atoms with Crippen molar-refractivity contribution < 1.29 is 0 Å². The maximum atomic E-state index is 5.55. The van der Waals surface area contributed by atoms with Crippen molar-refractivity contribution in [2.75, 3.05) is 0 Å². The predicted molar refractivity (Wildman–Crippen MR) is 285 cm³/mol. The molecule has 0 aliphatic heterocycles. The summed E-state index contributed by atoms with van der Waals surface area (Å²) in [6.45, 7) is 0. The molecule has 0 N–H and O–H groups in total. The minimum Gasteiger partial charge on any atom is -0.307 e. The Hall–Kier alpha value is -9.39. The molecule has 0 aliphatic carbocycles. The molecular formula is C63H40N6. The van der Waals surface area contributed by atoms with Gasteiger partial charge in [-0.25, -0.2) is 4.98 Å². The number of hydrogen-bond donors (Lipinski definition) is 0. The highest BCUT2D eigenvalue weighted by Crippen LogP contribution is 2.44. The van der Waals surface area contributed by atoms with E-state index in [1.807, 2.05) is 6.07 Å². The quantitative estimate of drug-likeness (QED) is 0.160. The van der Waals surface area contributed by atoms with Gasteiger partial charge in [0.2, 0.25) is 5.95 Å². The van der Waals surface area contributed by atoms with Crippen molar-refractivity contribution >= 4 is 65.4 Å². The molecule has 0 fully saturated rings. The molecule has 0 saturated heterocycles. The highest BCUT2D eigenvalue weighted by atomic mass is 15.2. The van der Waals surface area contributed by atoms with Crippen LogP contribution >= 0.6 is 0 Å². The molecule has 322 valence electrons. The second kappa shape index (κ2) is 15.6. The molecule has 0 spiro atoms. The van der Waals surface area contributed by atoms with Crippen LogP contribution in [0.4, 0.5) is 0 Å². The summed E-state index contributed by atoms with van der Waals surface area (Å²) in [6, 6.07) is 86.1. The number of fused-ring (bicyclic) bond motifs is 10. The summed E-state index contributed by atoms with van der Waals surface area (Å²) < 4.78 is 7.08. The van der Waals surface area contributed by atoms with Crippen LogP contribution in [0.25, 0.3) is 128 Å². The summed E-state index contributed by atoms with van der Waals surface area (Å²) in [4.78, 5) is 16.4. The number of hydrogen-bond acceptors (Lipinski definition) is 3. The third kappa shape index (κ3) is 6.09. The van der Waals surface area contributed by atoms with Gasteiger partial charge in [0.05, 0.1) is 38.8 Å². The summed E-state index contributed by atoms with van der Waals surface area (Å²) in [5.41, 5.74) is 15.0. The van der Waals surface area contributed by atoms with Crippen LogP contribution in [0, 0.1) is 0 Å². The van der Waals surface area contributed by atoms with E-state index in [0.717, 1.165) is 88.6 Å². The minimum atomic E-state index is 0.544. The Labute approximate surface area is 397 Å². The van der Waals surface area contributed by atoms with E-state index in [1.54, 1.807) is 0 Å². The summed E-state index contributed by atoms with van der Waals surface area (Å²) in [6.07, 6.45) is 0.